The van der Waals surface area contributed by atoms with E-state index in [1.807, 2.05) is 0 Å². The van der Waals surface area contributed by atoms with Gasteiger partial charge in [-0.3, -0.25) is 4.90 Å². The highest BCUT2D eigenvalue weighted by Crippen LogP contribution is 2.19. The van der Waals surface area contributed by atoms with Gasteiger partial charge in [-0.05, 0) is 25.9 Å². The molecule has 2 rings (SSSR count). The summed E-state index contributed by atoms with van der Waals surface area (Å²) < 4.78 is 4.88. The van der Waals surface area contributed by atoms with Gasteiger partial charge in [-0.15, -0.1) is 0 Å². The van der Waals surface area contributed by atoms with Crippen LogP contribution in [0.2, 0.25) is 0 Å². The van der Waals surface area contributed by atoms with Crippen LogP contribution >= 0.6 is 0 Å². The van der Waals surface area contributed by atoms with Crippen LogP contribution in [0.5, 0.6) is 0 Å². The largest absolute Gasteiger partial charge is 0.485 e. The summed E-state index contributed by atoms with van der Waals surface area (Å²) in [6.45, 7) is 2.69. The lowest BCUT2D eigenvalue weighted by atomic mass is 9.97. The van der Waals surface area contributed by atoms with E-state index >= 15 is 0 Å². The Balaban J connectivity index is 1.83. The first-order valence-electron chi connectivity index (χ1n) is 6.07. The number of ether oxygens (including phenoxy) is 1. The number of aromatic nitrogens is 2. The molecule has 0 aromatic carbocycles. The molecule has 98 valence electrons. The van der Waals surface area contributed by atoms with E-state index in [0.29, 0.717) is 5.95 Å². The minimum Gasteiger partial charge on any atom is -0.368 e. The van der Waals surface area contributed by atoms with Crippen molar-refractivity contribution in [3.63, 3.8) is 0 Å². The fourth-order valence-electron chi connectivity index (χ4n) is 2.21. The first-order chi connectivity index (χ1) is 8.69. The zero-order chi connectivity index (χ0) is 13.0. The molecule has 0 unspecified atom stereocenters. The number of hydrogen-bond donors (Lipinski definition) is 1. The predicted molar refractivity (Wildman–Crippen MR) is 68.4 cm³/mol. The molecule has 1 saturated heterocycles. The van der Waals surface area contributed by atoms with Crippen LogP contribution in [0.15, 0.2) is 12.4 Å². The maximum atomic E-state index is 9.53. The number of anilines is 1. The van der Waals surface area contributed by atoms with Crippen molar-refractivity contribution in [2.75, 3.05) is 25.9 Å². The van der Waals surface area contributed by atoms with Crippen LogP contribution in [-0.4, -0.2) is 45.8 Å². The molecule has 1 aliphatic rings. The Morgan fingerprint density at radius 1 is 1.44 bits per heavy atom. The van der Waals surface area contributed by atoms with Gasteiger partial charge in [-0.2, -0.15) is 0 Å². The van der Waals surface area contributed by atoms with E-state index in [4.69, 9.17) is 10.5 Å². The monoisotopic (exact) mass is 251 g/mol. The van der Waals surface area contributed by atoms with E-state index in [1.54, 1.807) is 12.4 Å². The fourth-order valence-corrected chi connectivity index (χ4v) is 2.21. The van der Waals surface area contributed by atoms with Crippen LogP contribution in [0.25, 0.3) is 0 Å². The Kier molecular flexibility index (Phi) is 4.09. The molecule has 6 nitrogen and oxygen atoms in total. The van der Waals surface area contributed by atoms with E-state index < -0.39 is 0 Å². The Morgan fingerprint density at radius 2 is 2.06 bits per heavy atom. The van der Waals surface area contributed by atoms with Crippen molar-refractivity contribution in [1.29, 1.82) is 0 Å². The third kappa shape index (κ3) is 3.16. The molecule has 18 heavy (non-hydrogen) atoms. The number of carbonyl (C=O) groups excluding carboxylic acids is 1. The van der Waals surface area contributed by atoms with Crippen LogP contribution in [-0.2, 0) is 11.3 Å². The Labute approximate surface area is 106 Å². The maximum Gasteiger partial charge on any atom is 0.485 e. The first kappa shape index (κ1) is 12.8. The van der Waals surface area contributed by atoms with Crippen LogP contribution in [0, 0.1) is 5.92 Å². The number of methoxy groups -OCH3 is 1. The molecule has 3 N–H and O–H groups in total. The number of rotatable bonds is 3. The Morgan fingerprint density at radius 3 is 2.61 bits per heavy atom. The minimum absolute atomic E-state index is 0.158. The van der Waals surface area contributed by atoms with E-state index in [0.717, 1.165) is 38.0 Å². The van der Waals surface area contributed by atoms with E-state index in [9.17, 15) is 4.79 Å². The molecule has 0 aliphatic carbocycles. The molecule has 0 atom stereocenters. The minimum atomic E-state index is 0.158. The van der Waals surface area contributed by atoms with E-state index in [1.165, 1.54) is 7.11 Å². The topological polar surface area (TPSA) is 85.7 Å². The normalized spacial score (nSPS) is 17.6. The molecule has 2 heterocycles. The third-order valence-electron chi connectivity index (χ3n) is 3.28. The molecule has 0 radical (unpaired) electrons. The summed E-state index contributed by atoms with van der Waals surface area (Å²) in [4.78, 5) is 19.8. The highest BCUT2D eigenvalue weighted by Gasteiger charge is 2.30. The number of esters is 1. The van der Waals surface area contributed by atoms with Gasteiger partial charge in [0, 0.05) is 24.5 Å². The summed E-state index contributed by atoms with van der Waals surface area (Å²) in [5, 5.41) is 0. The van der Waals surface area contributed by atoms with Crippen LogP contribution in [0.4, 0.5) is 5.95 Å². The van der Waals surface area contributed by atoms with Gasteiger partial charge in [0.15, 0.2) is 7.11 Å². The second kappa shape index (κ2) is 5.77. The number of hydrogen-bond acceptors (Lipinski definition) is 5. The van der Waals surface area contributed by atoms with Crippen molar-refractivity contribution in [2.45, 2.75) is 19.4 Å². The van der Waals surface area contributed by atoms with Crippen LogP contribution in [0.1, 0.15) is 18.4 Å². The molecular weight excluding hydrogens is 232 g/mol. The van der Waals surface area contributed by atoms with Crippen molar-refractivity contribution in [1.82, 2.24) is 14.9 Å². The van der Waals surface area contributed by atoms with Gasteiger partial charge >= 0.3 is 5.97 Å². The first-order valence-corrected chi connectivity index (χ1v) is 6.07. The van der Waals surface area contributed by atoms with E-state index in [-0.39, 0.29) is 11.9 Å². The molecule has 0 bridgehead atoms. The van der Waals surface area contributed by atoms with Gasteiger partial charge in [0.25, 0.3) is 0 Å². The predicted octanol–water partition coefficient (Wildman–Crippen LogP) is 0.420. The maximum absolute atomic E-state index is 9.53. The molecule has 1 fully saturated rings. The zero-order valence-corrected chi connectivity index (χ0v) is 10.5. The van der Waals surface area contributed by atoms with Crippen molar-refractivity contribution >= 4 is 11.9 Å². The van der Waals surface area contributed by atoms with Gasteiger partial charge < -0.3 is 15.3 Å². The van der Waals surface area contributed by atoms with Crippen molar-refractivity contribution in [3.05, 3.63) is 18.0 Å². The molecule has 1 aromatic rings. The standard InChI is InChI=1S/C12H18N4O2/c1-18-11(17)10-2-4-16(5-3-10)8-9-6-14-12(13)15-7-9/h6-7,10H,2-5,8H2,1H3,(H2,13,14,15)/p+1. The van der Waals surface area contributed by atoms with Crippen molar-refractivity contribution in [3.8, 4) is 0 Å². The van der Waals surface area contributed by atoms with Gasteiger partial charge in [-0.1, -0.05) is 0 Å². The molecule has 0 amide bonds. The summed E-state index contributed by atoms with van der Waals surface area (Å²) in [5.41, 5.74) is 6.50. The third-order valence-corrected chi connectivity index (χ3v) is 3.28. The molecule has 6 heteroatoms. The van der Waals surface area contributed by atoms with Crippen molar-refractivity contribution in [2.24, 2.45) is 5.92 Å². The smallest absolute Gasteiger partial charge is 0.368 e. The summed E-state index contributed by atoms with van der Waals surface area (Å²) in [6, 6.07) is 0. The summed E-state index contributed by atoms with van der Waals surface area (Å²) in [5.74, 6) is 0.622. The quantitative estimate of drug-likeness (QED) is 0.621. The number of likely N-dealkylation sites (tertiary alicyclic amines) is 1. The SMILES string of the molecule is COC(=[OH+])C1CCN(Cc2cnc(N)nc2)CC1. The molecule has 0 spiro atoms. The van der Waals surface area contributed by atoms with Gasteiger partial charge in [-0.25, -0.2) is 9.97 Å². The Bertz CT molecular complexity index is 399. The van der Waals surface area contributed by atoms with Gasteiger partial charge in [0.2, 0.25) is 5.95 Å². The summed E-state index contributed by atoms with van der Waals surface area (Å²) in [6.07, 6.45) is 5.34. The lowest BCUT2D eigenvalue weighted by molar-refractivity contribution is 0.181. The van der Waals surface area contributed by atoms with E-state index in [2.05, 4.69) is 14.9 Å². The molecule has 0 saturated carbocycles. The zero-order valence-electron chi connectivity index (χ0n) is 10.5. The second-order valence-corrected chi connectivity index (χ2v) is 4.54. The highest BCUT2D eigenvalue weighted by atomic mass is 16.5. The number of nitrogens with two attached hydrogens (primary N) is 1. The molecule has 1 aliphatic heterocycles. The lowest BCUT2D eigenvalue weighted by Gasteiger charge is -2.28. The van der Waals surface area contributed by atoms with Crippen molar-refractivity contribution < 1.29 is 9.53 Å². The van der Waals surface area contributed by atoms with Gasteiger partial charge in [0.05, 0.1) is 0 Å². The molecular formula is C12H19N4O2+. The number of nitrogen functional groups attached to an aromatic ring is 1. The average Bonchev–Trinajstić information content (AvgIpc) is 2.41. The summed E-state index contributed by atoms with van der Waals surface area (Å²) >= 11 is 0. The average molecular weight is 251 g/mol. The number of nitrogens with zero attached hydrogens (tertiary/aromatic N) is 3. The second-order valence-electron chi connectivity index (χ2n) is 4.54. The number of piperidine rings is 1. The van der Waals surface area contributed by atoms with Gasteiger partial charge in [0.1, 0.15) is 5.92 Å². The van der Waals surface area contributed by atoms with Crippen LogP contribution in [0.3, 0.4) is 0 Å². The Hall–Kier alpha value is -1.69. The van der Waals surface area contributed by atoms with Crippen LogP contribution < -0.4 is 5.73 Å². The summed E-state index contributed by atoms with van der Waals surface area (Å²) in [7, 11) is 1.51. The molecule has 1 aromatic heterocycles. The lowest BCUT2D eigenvalue weighted by Crippen LogP contribution is -2.36. The fraction of sp³-hybridized carbons (Fsp3) is 0.583. The highest BCUT2D eigenvalue weighted by molar-refractivity contribution is 5.73.